The first-order valence-electron chi connectivity index (χ1n) is 13.4. The average Bonchev–Trinajstić information content (AvgIpc) is 3.41. The first-order valence-corrected chi connectivity index (χ1v) is 14.3. The van der Waals surface area contributed by atoms with Crippen LogP contribution in [0.15, 0.2) is 10.2 Å². The highest BCUT2D eigenvalue weighted by molar-refractivity contribution is 7.13. The normalized spacial score (nSPS) is 18.1. The molecule has 2 aromatic rings. The Morgan fingerprint density at radius 2 is 1.83 bits per heavy atom. The van der Waals surface area contributed by atoms with Gasteiger partial charge in [0.2, 0.25) is 11.8 Å². The molecular weight excluding hydrogens is 480 g/mol. The Hall–Kier alpha value is -2.62. The van der Waals surface area contributed by atoms with Crippen LogP contribution in [0.4, 0.5) is 5.13 Å². The molecule has 0 spiro atoms. The maximum Gasteiger partial charge on any atom is 0.329 e. The van der Waals surface area contributed by atoms with Gasteiger partial charge < -0.3 is 15.2 Å². The number of esters is 1. The first kappa shape index (κ1) is 26.4. The summed E-state index contributed by atoms with van der Waals surface area (Å²) < 4.78 is 6.48. The largest absolute Gasteiger partial charge is 0.493 e. The van der Waals surface area contributed by atoms with Gasteiger partial charge in [0.1, 0.15) is 6.04 Å². The first-order chi connectivity index (χ1) is 17.4. The fraction of sp³-hybridized carbons (Fsp3) is 0.692. The number of aromatic nitrogens is 3. The lowest BCUT2D eigenvalue weighted by atomic mass is 9.84. The molecule has 36 heavy (non-hydrogen) atoms. The maximum atomic E-state index is 13.6. The van der Waals surface area contributed by atoms with Crippen molar-refractivity contribution in [3.8, 4) is 5.88 Å². The number of carbonyl (C=O) groups is 2. The molecule has 2 aliphatic carbocycles. The number of aromatic amines is 1. The number of H-pyrrole nitrogens is 1. The molecule has 2 aliphatic rings. The van der Waals surface area contributed by atoms with Gasteiger partial charge in [-0.25, -0.2) is 9.78 Å². The number of ether oxygens (including phenoxy) is 1. The summed E-state index contributed by atoms with van der Waals surface area (Å²) in [5.74, 6) is -0.0651. The molecule has 0 aliphatic heterocycles. The minimum absolute atomic E-state index is 0.0440. The molecule has 3 N–H and O–H groups in total. The molecule has 198 valence electrons. The molecule has 4 rings (SSSR count). The lowest BCUT2D eigenvalue weighted by Gasteiger charge is -2.28. The van der Waals surface area contributed by atoms with Crippen molar-refractivity contribution in [1.82, 2.24) is 14.5 Å². The molecule has 2 fully saturated rings. The average molecular weight is 519 g/mol. The molecule has 9 nitrogen and oxygen atoms in total. The highest BCUT2D eigenvalue weighted by atomic mass is 32.1. The van der Waals surface area contributed by atoms with Gasteiger partial charge >= 0.3 is 11.7 Å². The van der Waals surface area contributed by atoms with E-state index >= 15 is 0 Å². The van der Waals surface area contributed by atoms with E-state index in [0.717, 1.165) is 51.4 Å². The van der Waals surface area contributed by atoms with E-state index in [-0.39, 0.29) is 24.2 Å². The smallest absolute Gasteiger partial charge is 0.329 e. The van der Waals surface area contributed by atoms with Crippen LogP contribution >= 0.6 is 11.3 Å². The van der Waals surface area contributed by atoms with Gasteiger partial charge in [-0.2, -0.15) is 0 Å². The third-order valence-corrected chi connectivity index (χ3v) is 8.33. The number of nitrogens with zero attached hydrogens (tertiary/aromatic N) is 2. The zero-order valence-electron chi connectivity index (χ0n) is 21.1. The predicted octanol–water partition coefficient (Wildman–Crippen LogP) is 4.72. The topological polar surface area (TPSA) is 126 Å². The fourth-order valence-corrected chi connectivity index (χ4v) is 6.44. The van der Waals surface area contributed by atoms with Crippen molar-refractivity contribution < 1.29 is 19.4 Å². The second kappa shape index (κ2) is 12.6. The number of rotatable bonds is 10. The van der Waals surface area contributed by atoms with Gasteiger partial charge in [0.25, 0.3) is 0 Å². The summed E-state index contributed by atoms with van der Waals surface area (Å²) in [5.41, 5.74) is 0.619. The quantitative estimate of drug-likeness (QED) is 0.391. The Morgan fingerprint density at radius 3 is 2.50 bits per heavy atom. The van der Waals surface area contributed by atoms with E-state index in [1.807, 2.05) is 0 Å². The van der Waals surface area contributed by atoms with E-state index in [9.17, 15) is 19.5 Å². The SMILES string of the molecule is CCOC(=O)Cc1csc(NC(=O)[C@H](CC2CCCCC2)n2c(CC3CCCCC3)c(O)[nH]c2=O)n1. The maximum absolute atomic E-state index is 13.6. The molecule has 2 aromatic heterocycles. The number of aromatic hydroxyl groups is 1. The van der Waals surface area contributed by atoms with E-state index in [1.165, 1.54) is 28.7 Å². The van der Waals surface area contributed by atoms with E-state index in [4.69, 9.17) is 4.74 Å². The lowest BCUT2D eigenvalue weighted by Crippen LogP contribution is -2.35. The molecule has 0 radical (unpaired) electrons. The number of hydrogen-bond donors (Lipinski definition) is 3. The van der Waals surface area contributed by atoms with Gasteiger partial charge in [-0.15, -0.1) is 11.3 Å². The van der Waals surface area contributed by atoms with Crippen molar-refractivity contribution in [2.24, 2.45) is 11.8 Å². The van der Waals surface area contributed by atoms with E-state index < -0.39 is 11.7 Å². The summed E-state index contributed by atoms with van der Waals surface area (Å²) in [6.07, 6.45) is 12.4. The lowest BCUT2D eigenvalue weighted by molar-refractivity contribution is -0.142. The van der Waals surface area contributed by atoms with Crippen molar-refractivity contribution in [2.45, 2.75) is 96.4 Å². The second-order valence-electron chi connectivity index (χ2n) is 10.2. The molecular formula is C26H38N4O5S. The number of thiazole rings is 1. The Labute approximate surface area is 215 Å². The van der Waals surface area contributed by atoms with Gasteiger partial charge in [0.05, 0.1) is 24.4 Å². The van der Waals surface area contributed by atoms with Crippen molar-refractivity contribution in [3.05, 3.63) is 27.3 Å². The number of amides is 1. The number of hydrogen-bond acceptors (Lipinski definition) is 7. The minimum atomic E-state index is -0.742. The van der Waals surface area contributed by atoms with Gasteiger partial charge in [-0.1, -0.05) is 64.2 Å². The molecule has 1 atom stereocenters. The molecule has 2 heterocycles. The third kappa shape index (κ3) is 6.78. The van der Waals surface area contributed by atoms with Gasteiger partial charge in [0, 0.05) is 5.38 Å². The second-order valence-corrected chi connectivity index (χ2v) is 11.0. The van der Waals surface area contributed by atoms with Crippen LogP contribution in [0.5, 0.6) is 5.88 Å². The molecule has 2 saturated carbocycles. The Bertz CT molecular complexity index is 1080. The Kier molecular flexibility index (Phi) is 9.23. The van der Waals surface area contributed by atoms with E-state index in [1.54, 1.807) is 12.3 Å². The summed E-state index contributed by atoms with van der Waals surface area (Å²) in [5, 5.41) is 15.6. The summed E-state index contributed by atoms with van der Waals surface area (Å²) in [4.78, 5) is 45.4. The van der Waals surface area contributed by atoms with Gasteiger partial charge in [-0.05, 0) is 31.6 Å². The van der Waals surface area contributed by atoms with Crippen LogP contribution in [0, 0.1) is 11.8 Å². The zero-order chi connectivity index (χ0) is 25.5. The molecule has 0 saturated heterocycles. The highest BCUT2D eigenvalue weighted by Crippen LogP contribution is 2.34. The standard InChI is InChI=1S/C26H38N4O5S/c1-2-35-22(31)15-19-16-36-25(27-19)28-23(32)20(13-17-9-5-3-6-10-17)30-21(24(33)29-26(30)34)14-18-11-7-4-8-12-18/h16-18,20,33H,2-15H2,1H3,(H,29,34)(H,27,28,32)/t20-/m0/s1. The van der Waals surface area contributed by atoms with Crippen LogP contribution in [0.2, 0.25) is 0 Å². The zero-order valence-corrected chi connectivity index (χ0v) is 21.9. The number of anilines is 1. The van der Waals surface area contributed by atoms with Crippen LogP contribution in [0.25, 0.3) is 0 Å². The molecule has 1 amide bonds. The predicted molar refractivity (Wildman–Crippen MR) is 138 cm³/mol. The van der Waals surface area contributed by atoms with Crippen LogP contribution in [-0.2, 0) is 27.2 Å². The van der Waals surface area contributed by atoms with Crippen molar-refractivity contribution >= 4 is 28.3 Å². The van der Waals surface area contributed by atoms with Crippen LogP contribution in [-0.4, -0.2) is 38.1 Å². The van der Waals surface area contributed by atoms with Crippen LogP contribution in [0.1, 0.15) is 95.0 Å². The van der Waals surface area contributed by atoms with Gasteiger partial charge in [0.15, 0.2) is 5.13 Å². The van der Waals surface area contributed by atoms with E-state index in [0.29, 0.717) is 47.8 Å². The fourth-order valence-electron chi connectivity index (χ4n) is 5.72. The van der Waals surface area contributed by atoms with E-state index in [2.05, 4.69) is 15.3 Å². The molecule has 0 bridgehead atoms. The number of nitrogens with one attached hydrogen (secondary N) is 2. The van der Waals surface area contributed by atoms with Crippen molar-refractivity contribution in [3.63, 3.8) is 0 Å². The summed E-state index contributed by atoms with van der Waals surface area (Å²) in [6, 6.07) is -0.742. The minimum Gasteiger partial charge on any atom is -0.493 e. The molecule has 10 heteroatoms. The Balaban J connectivity index is 1.56. The highest BCUT2D eigenvalue weighted by Gasteiger charge is 2.32. The van der Waals surface area contributed by atoms with Crippen LogP contribution in [0.3, 0.4) is 0 Å². The third-order valence-electron chi connectivity index (χ3n) is 7.52. The number of imidazole rings is 1. The van der Waals surface area contributed by atoms with Crippen molar-refractivity contribution in [2.75, 3.05) is 11.9 Å². The van der Waals surface area contributed by atoms with Gasteiger partial charge in [-0.3, -0.25) is 19.1 Å². The summed E-state index contributed by atoms with van der Waals surface area (Å²) in [6.45, 7) is 2.05. The Morgan fingerprint density at radius 1 is 1.17 bits per heavy atom. The molecule has 0 unspecified atom stereocenters. The summed E-state index contributed by atoms with van der Waals surface area (Å²) >= 11 is 1.24. The van der Waals surface area contributed by atoms with Crippen LogP contribution < -0.4 is 11.0 Å². The molecule has 0 aromatic carbocycles. The number of carbonyl (C=O) groups excluding carboxylic acids is 2. The monoisotopic (exact) mass is 518 g/mol. The summed E-state index contributed by atoms with van der Waals surface area (Å²) in [7, 11) is 0. The van der Waals surface area contributed by atoms with Crippen molar-refractivity contribution in [1.29, 1.82) is 0 Å².